The molecule has 1 aliphatic rings. The molecule has 0 spiro atoms. The van der Waals surface area contributed by atoms with Crippen LogP contribution in [0.4, 0.5) is 0 Å². The Labute approximate surface area is 126 Å². The van der Waals surface area contributed by atoms with Gasteiger partial charge in [0.25, 0.3) is 0 Å². The van der Waals surface area contributed by atoms with E-state index in [4.69, 9.17) is 4.74 Å². The maximum atomic E-state index is 12.2. The van der Waals surface area contributed by atoms with Crippen LogP contribution >= 0.6 is 0 Å². The Kier molecular flexibility index (Phi) is 5.36. The number of rotatable bonds is 5. The number of aryl methyl sites for hydroxylation is 2. The summed E-state index contributed by atoms with van der Waals surface area (Å²) in [4.78, 5) is 14.1. The zero-order valence-corrected chi connectivity index (χ0v) is 13.4. The van der Waals surface area contributed by atoms with Crippen LogP contribution in [0.2, 0.25) is 0 Å². The molecule has 2 rings (SSSR count). The van der Waals surface area contributed by atoms with E-state index in [1.165, 1.54) is 5.56 Å². The monoisotopic (exact) mass is 294 g/mol. The zero-order chi connectivity index (χ0) is 15.4. The van der Waals surface area contributed by atoms with E-state index in [0.717, 1.165) is 17.9 Å². The number of carbonyl (C=O) groups excluding carboxylic acids is 1. The smallest absolute Gasteiger partial charge is 0.224 e. The number of aromatic amines is 1. The Hall–Kier alpha value is -1.40. The second-order valence-electron chi connectivity index (χ2n) is 5.90. The van der Waals surface area contributed by atoms with E-state index in [-0.39, 0.29) is 18.1 Å². The molecule has 1 amide bonds. The van der Waals surface area contributed by atoms with Gasteiger partial charge in [-0.3, -0.25) is 9.89 Å². The maximum Gasteiger partial charge on any atom is 0.224 e. The summed E-state index contributed by atoms with van der Waals surface area (Å²) in [6.45, 7) is 10.9. The molecule has 2 atom stereocenters. The highest BCUT2D eigenvalue weighted by molar-refractivity contribution is 5.76. The Morgan fingerprint density at radius 3 is 2.62 bits per heavy atom. The van der Waals surface area contributed by atoms with Crippen LogP contribution in [0, 0.1) is 13.8 Å². The molecule has 2 N–H and O–H groups in total. The number of morpholine rings is 1. The normalized spacial score (nSPS) is 22.6. The quantitative estimate of drug-likeness (QED) is 0.799. The summed E-state index contributed by atoms with van der Waals surface area (Å²) in [6, 6.07) is 0. The molecule has 6 nitrogen and oxygen atoms in total. The first-order chi connectivity index (χ1) is 9.97. The van der Waals surface area contributed by atoms with E-state index in [1.807, 2.05) is 32.6 Å². The van der Waals surface area contributed by atoms with Crippen molar-refractivity contribution in [3.8, 4) is 0 Å². The van der Waals surface area contributed by atoms with Crippen LogP contribution in [0.1, 0.15) is 37.2 Å². The molecular formula is C15H26N4O2. The molecule has 1 aliphatic heterocycles. The lowest BCUT2D eigenvalue weighted by Gasteiger charge is -2.35. The van der Waals surface area contributed by atoms with Gasteiger partial charge < -0.3 is 15.0 Å². The summed E-state index contributed by atoms with van der Waals surface area (Å²) in [7, 11) is 0. The van der Waals surface area contributed by atoms with Gasteiger partial charge in [0.2, 0.25) is 5.91 Å². The second-order valence-corrected chi connectivity index (χ2v) is 5.90. The van der Waals surface area contributed by atoms with Crippen LogP contribution in [-0.4, -0.2) is 52.8 Å². The molecular weight excluding hydrogens is 268 g/mol. The van der Waals surface area contributed by atoms with Crippen LogP contribution < -0.4 is 5.32 Å². The highest BCUT2D eigenvalue weighted by Gasteiger charge is 2.25. The van der Waals surface area contributed by atoms with Crippen molar-refractivity contribution in [2.45, 2.75) is 52.9 Å². The molecule has 0 radical (unpaired) electrons. The number of H-pyrrole nitrogens is 1. The highest BCUT2D eigenvalue weighted by Crippen LogP contribution is 2.12. The third-order valence-electron chi connectivity index (χ3n) is 3.87. The van der Waals surface area contributed by atoms with E-state index >= 15 is 0 Å². The van der Waals surface area contributed by atoms with Crippen molar-refractivity contribution in [1.82, 2.24) is 20.4 Å². The van der Waals surface area contributed by atoms with Gasteiger partial charge in [-0.15, -0.1) is 0 Å². The molecule has 0 bridgehead atoms. The van der Waals surface area contributed by atoms with Crippen molar-refractivity contribution in [2.24, 2.45) is 0 Å². The van der Waals surface area contributed by atoms with E-state index in [2.05, 4.69) is 15.5 Å². The molecule has 6 heteroatoms. The van der Waals surface area contributed by atoms with Crippen LogP contribution in [0.25, 0.3) is 0 Å². The number of hydrogen-bond donors (Lipinski definition) is 2. The molecule has 21 heavy (non-hydrogen) atoms. The Morgan fingerprint density at radius 1 is 1.38 bits per heavy atom. The fourth-order valence-electron chi connectivity index (χ4n) is 2.78. The number of ether oxygens (including phenoxy) is 1. The van der Waals surface area contributed by atoms with Gasteiger partial charge in [-0.05, 0) is 27.7 Å². The first-order valence-electron chi connectivity index (χ1n) is 7.61. The van der Waals surface area contributed by atoms with Gasteiger partial charge >= 0.3 is 0 Å². The van der Waals surface area contributed by atoms with Crippen molar-refractivity contribution in [2.75, 3.05) is 19.6 Å². The first-order valence-corrected chi connectivity index (χ1v) is 7.61. The average Bonchev–Trinajstić information content (AvgIpc) is 2.73. The number of nitrogens with zero attached hydrogens (tertiary/aromatic N) is 2. The van der Waals surface area contributed by atoms with Crippen LogP contribution in [0.15, 0.2) is 0 Å². The second kappa shape index (κ2) is 7.04. The van der Waals surface area contributed by atoms with Crippen molar-refractivity contribution < 1.29 is 9.53 Å². The fourth-order valence-corrected chi connectivity index (χ4v) is 2.78. The molecule has 0 aromatic carbocycles. The predicted octanol–water partition coefficient (Wildman–Crippen LogP) is 1.14. The van der Waals surface area contributed by atoms with Crippen molar-refractivity contribution in [1.29, 1.82) is 0 Å². The van der Waals surface area contributed by atoms with E-state index in [1.54, 1.807) is 0 Å². The molecule has 1 fully saturated rings. The summed E-state index contributed by atoms with van der Waals surface area (Å²) < 4.78 is 5.65. The third-order valence-corrected chi connectivity index (χ3v) is 3.87. The Bertz CT molecular complexity index is 457. The first kappa shape index (κ1) is 16.0. The van der Waals surface area contributed by atoms with Gasteiger partial charge in [0.15, 0.2) is 0 Å². The number of nitrogens with one attached hydrogen (secondary N) is 2. The molecule has 0 unspecified atom stereocenters. The number of carbonyl (C=O) groups is 1. The standard InChI is InChI=1S/C15H26N4O2/c1-10-8-19(9-11(2)21-10)15(20)5-6-16-7-14-12(3)17-18-13(14)4/h10-11,16H,5-9H2,1-4H3,(H,17,18)/t10-,11+. The lowest BCUT2D eigenvalue weighted by atomic mass is 10.2. The molecule has 1 aromatic rings. The summed E-state index contributed by atoms with van der Waals surface area (Å²) in [6.07, 6.45) is 0.777. The summed E-state index contributed by atoms with van der Waals surface area (Å²) in [5, 5.41) is 10.5. The lowest BCUT2D eigenvalue weighted by molar-refractivity contribution is -0.143. The van der Waals surface area contributed by atoms with Crippen LogP contribution in [0.3, 0.4) is 0 Å². The zero-order valence-electron chi connectivity index (χ0n) is 13.4. The minimum absolute atomic E-state index is 0.127. The summed E-state index contributed by atoms with van der Waals surface area (Å²) in [5.74, 6) is 0.199. The van der Waals surface area contributed by atoms with Gasteiger partial charge in [-0.1, -0.05) is 0 Å². The third kappa shape index (κ3) is 4.28. The highest BCUT2D eigenvalue weighted by atomic mass is 16.5. The topological polar surface area (TPSA) is 70.2 Å². The largest absolute Gasteiger partial charge is 0.372 e. The van der Waals surface area contributed by atoms with Gasteiger partial charge in [0.05, 0.1) is 17.9 Å². The van der Waals surface area contributed by atoms with Crippen molar-refractivity contribution in [3.05, 3.63) is 17.0 Å². The summed E-state index contributed by atoms with van der Waals surface area (Å²) >= 11 is 0. The SMILES string of the molecule is Cc1n[nH]c(C)c1CNCCC(=O)N1C[C@@H](C)O[C@@H](C)C1. The maximum absolute atomic E-state index is 12.2. The average molecular weight is 294 g/mol. The summed E-state index contributed by atoms with van der Waals surface area (Å²) in [5.41, 5.74) is 3.29. The fraction of sp³-hybridized carbons (Fsp3) is 0.733. The van der Waals surface area contributed by atoms with Crippen LogP contribution in [0.5, 0.6) is 0 Å². The van der Waals surface area contributed by atoms with Gasteiger partial charge in [-0.2, -0.15) is 5.10 Å². The number of amides is 1. The van der Waals surface area contributed by atoms with E-state index < -0.39 is 0 Å². The Balaban J connectivity index is 1.72. The molecule has 0 saturated carbocycles. The van der Waals surface area contributed by atoms with Gasteiger partial charge in [-0.25, -0.2) is 0 Å². The molecule has 1 aromatic heterocycles. The van der Waals surface area contributed by atoms with Gasteiger partial charge in [0.1, 0.15) is 0 Å². The Morgan fingerprint density at radius 2 is 2.05 bits per heavy atom. The van der Waals surface area contributed by atoms with Crippen molar-refractivity contribution in [3.63, 3.8) is 0 Å². The number of aromatic nitrogens is 2. The molecule has 1 saturated heterocycles. The molecule has 0 aliphatic carbocycles. The van der Waals surface area contributed by atoms with Crippen LogP contribution in [-0.2, 0) is 16.1 Å². The van der Waals surface area contributed by atoms with Gasteiger partial charge in [0, 0.05) is 43.9 Å². The minimum atomic E-state index is 0.127. The predicted molar refractivity (Wildman–Crippen MR) is 81.0 cm³/mol. The van der Waals surface area contributed by atoms with E-state index in [0.29, 0.717) is 26.1 Å². The van der Waals surface area contributed by atoms with Crippen molar-refractivity contribution >= 4 is 5.91 Å². The van der Waals surface area contributed by atoms with E-state index in [9.17, 15) is 4.79 Å². The molecule has 2 heterocycles. The number of hydrogen-bond acceptors (Lipinski definition) is 4. The minimum Gasteiger partial charge on any atom is -0.372 e. The molecule has 118 valence electrons. The lowest BCUT2D eigenvalue weighted by Crippen LogP contribution is -2.48.